The van der Waals surface area contributed by atoms with Crippen LogP contribution in [-0.2, 0) is 0 Å². The number of aromatic nitrogens is 3. The maximum absolute atomic E-state index is 14.6. The van der Waals surface area contributed by atoms with Crippen molar-refractivity contribution in [3.8, 4) is 17.0 Å². The van der Waals surface area contributed by atoms with Crippen molar-refractivity contribution in [2.24, 2.45) is 0 Å². The van der Waals surface area contributed by atoms with Gasteiger partial charge in [-0.15, -0.1) is 0 Å². The average molecular weight is 433 g/mol. The van der Waals surface area contributed by atoms with Crippen molar-refractivity contribution < 1.29 is 13.9 Å². The molecule has 2 fully saturated rings. The second-order valence-corrected chi connectivity index (χ2v) is 8.80. The van der Waals surface area contributed by atoms with E-state index in [9.17, 15) is 9.50 Å². The minimum Gasteiger partial charge on any atom is -0.504 e. The molecule has 32 heavy (non-hydrogen) atoms. The maximum Gasteiger partial charge on any atom is 0.195 e. The molecular formula is C24H24FN5O2. The predicted octanol–water partition coefficient (Wildman–Crippen LogP) is 4.31. The fraction of sp³-hybridized carbons (Fsp3) is 0.375. The number of pyridine rings is 2. The number of benzene rings is 1. The van der Waals surface area contributed by atoms with Crippen molar-refractivity contribution >= 4 is 28.0 Å². The molecule has 3 aromatic heterocycles. The minimum atomic E-state index is -0.802. The van der Waals surface area contributed by atoms with E-state index in [0.717, 1.165) is 30.8 Å². The summed E-state index contributed by atoms with van der Waals surface area (Å²) in [6, 6.07) is 10.3. The zero-order chi connectivity index (χ0) is 21.8. The summed E-state index contributed by atoms with van der Waals surface area (Å²) in [5.74, 6) is -0.00351. The molecule has 4 aromatic rings. The smallest absolute Gasteiger partial charge is 0.195 e. The van der Waals surface area contributed by atoms with Gasteiger partial charge in [0.15, 0.2) is 23.0 Å². The van der Waals surface area contributed by atoms with Gasteiger partial charge in [0.1, 0.15) is 11.3 Å². The lowest BCUT2D eigenvalue weighted by molar-refractivity contribution is 0.311. The topological polar surface area (TPSA) is 87.3 Å². The van der Waals surface area contributed by atoms with Gasteiger partial charge in [0.2, 0.25) is 0 Å². The minimum absolute atomic E-state index is 0.0200. The first kappa shape index (κ1) is 19.4. The third kappa shape index (κ3) is 3.26. The van der Waals surface area contributed by atoms with Crippen LogP contribution in [0.25, 0.3) is 33.4 Å². The first-order valence-electron chi connectivity index (χ1n) is 11.1. The van der Waals surface area contributed by atoms with E-state index in [4.69, 9.17) is 9.40 Å². The Hall–Kier alpha value is -3.26. The number of phenols is 1. The first-order valence-corrected chi connectivity index (χ1v) is 11.1. The molecule has 0 amide bonds. The molecule has 0 bridgehead atoms. The Morgan fingerprint density at radius 3 is 2.69 bits per heavy atom. The lowest BCUT2D eigenvalue weighted by Gasteiger charge is -2.30. The summed E-state index contributed by atoms with van der Waals surface area (Å²) in [6.07, 6.45) is 5.05. The molecule has 2 N–H and O–H groups in total. The lowest BCUT2D eigenvalue weighted by atomic mass is 9.92. The molecule has 1 unspecified atom stereocenters. The van der Waals surface area contributed by atoms with E-state index < -0.39 is 11.6 Å². The zero-order valence-electron chi connectivity index (χ0n) is 17.8. The van der Waals surface area contributed by atoms with Crippen LogP contribution in [0.3, 0.4) is 0 Å². The molecule has 7 nitrogen and oxygen atoms in total. The van der Waals surface area contributed by atoms with Gasteiger partial charge in [0.25, 0.3) is 0 Å². The highest BCUT2D eigenvalue weighted by atomic mass is 19.1. The van der Waals surface area contributed by atoms with Gasteiger partial charge in [0, 0.05) is 37.7 Å². The molecule has 0 spiro atoms. The summed E-state index contributed by atoms with van der Waals surface area (Å²) in [4.78, 5) is 15.7. The quantitative estimate of drug-likeness (QED) is 0.496. The molecule has 0 radical (unpaired) electrons. The molecule has 164 valence electrons. The van der Waals surface area contributed by atoms with Crippen LogP contribution in [0.1, 0.15) is 31.6 Å². The summed E-state index contributed by atoms with van der Waals surface area (Å²) in [7, 11) is 0. The highest BCUT2D eigenvalue weighted by Crippen LogP contribution is 2.36. The van der Waals surface area contributed by atoms with Crippen LogP contribution in [-0.4, -0.2) is 45.2 Å². The normalized spacial score (nSPS) is 19.2. The van der Waals surface area contributed by atoms with E-state index >= 15 is 0 Å². The van der Waals surface area contributed by atoms with Crippen LogP contribution >= 0.6 is 0 Å². The molecule has 6 rings (SSSR count). The second kappa shape index (κ2) is 7.41. The number of hydrogen-bond acceptors (Lipinski definition) is 7. The van der Waals surface area contributed by atoms with E-state index in [0.29, 0.717) is 29.2 Å². The number of nitrogens with one attached hydrogen (secondary N) is 1. The van der Waals surface area contributed by atoms with E-state index in [1.54, 1.807) is 19.1 Å². The third-order valence-electron chi connectivity index (χ3n) is 6.60. The van der Waals surface area contributed by atoms with Crippen LogP contribution in [0.5, 0.6) is 5.75 Å². The lowest BCUT2D eigenvalue weighted by Crippen LogP contribution is -2.43. The van der Waals surface area contributed by atoms with Crippen LogP contribution in [0.15, 0.2) is 34.7 Å². The number of nitrogens with zero attached hydrogens (tertiary/aromatic N) is 4. The molecular weight excluding hydrogens is 409 g/mol. The summed E-state index contributed by atoms with van der Waals surface area (Å²) in [5, 5.41) is 14.2. The monoisotopic (exact) mass is 433 g/mol. The molecule has 1 atom stereocenters. The van der Waals surface area contributed by atoms with E-state index in [1.165, 1.54) is 19.3 Å². The van der Waals surface area contributed by atoms with Gasteiger partial charge in [-0.25, -0.2) is 19.3 Å². The number of phenolic OH excluding ortho intramolecular Hbond substituents is 1. The molecule has 4 heterocycles. The SMILES string of the molecule is Cc1nc2c(F)c(O)c(-c3ccc4nc(N5CCC(NC6CCC6)C5)ccc4n3)cc2o1. The molecule has 1 saturated heterocycles. The average Bonchev–Trinajstić information content (AvgIpc) is 3.39. The number of halogens is 1. The van der Waals surface area contributed by atoms with Gasteiger partial charge in [-0.05, 0) is 49.6 Å². The standard InChI is InChI=1S/C24H24FN5O2/c1-13-26-23-20(32-13)11-16(24(31)22(23)25)17-5-6-19-18(28-17)7-8-21(29-19)30-10-9-15(12-30)27-14-3-2-4-14/h5-8,11,14-15,27,31H,2-4,9-10,12H2,1H3. The largest absolute Gasteiger partial charge is 0.504 e. The van der Waals surface area contributed by atoms with Crippen molar-refractivity contribution in [3.63, 3.8) is 0 Å². The highest BCUT2D eigenvalue weighted by molar-refractivity contribution is 5.87. The Kier molecular flexibility index (Phi) is 4.50. The Morgan fingerprint density at radius 1 is 1.06 bits per heavy atom. The van der Waals surface area contributed by atoms with E-state index in [2.05, 4.69) is 20.2 Å². The van der Waals surface area contributed by atoms with Gasteiger partial charge < -0.3 is 19.7 Å². The Bertz CT molecular complexity index is 1330. The van der Waals surface area contributed by atoms with Gasteiger partial charge in [-0.2, -0.15) is 0 Å². The number of fused-ring (bicyclic) bond motifs is 2. The summed E-state index contributed by atoms with van der Waals surface area (Å²) < 4.78 is 20.1. The first-order chi connectivity index (χ1) is 15.5. The number of rotatable bonds is 4. The number of hydrogen-bond donors (Lipinski definition) is 2. The van der Waals surface area contributed by atoms with Crippen molar-refractivity contribution in [2.45, 2.75) is 44.7 Å². The highest BCUT2D eigenvalue weighted by Gasteiger charge is 2.28. The Morgan fingerprint density at radius 2 is 1.88 bits per heavy atom. The maximum atomic E-state index is 14.6. The summed E-state index contributed by atoms with van der Waals surface area (Å²) in [5.41, 5.74) is 2.46. The second-order valence-electron chi connectivity index (χ2n) is 8.80. The Balaban J connectivity index is 1.29. The third-order valence-corrected chi connectivity index (χ3v) is 6.60. The van der Waals surface area contributed by atoms with Crippen molar-refractivity contribution in [3.05, 3.63) is 42.0 Å². The molecule has 2 aliphatic rings. The number of aromatic hydroxyl groups is 1. The van der Waals surface area contributed by atoms with Crippen molar-refractivity contribution in [1.29, 1.82) is 0 Å². The summed E-state index contributed by atoms with van der Waals surface area (Å²) >= 11 is 0. The fourth-order valence-corrected chi connectivity index (χ4v) is 4.66. The van der Waals surface area contributed by atoms with Gasteiger partial charge in [-0.1, -0.05) is 6.42 Å². The van der Waals surface area contributed by atoms with Crippen LogP contribution in [0, 0.1) is 12.7 Å². The van der Waals surface area contributed by atoms with Crippen LogP contribution in [0.4, 0.5) is 10.2 Å². The van der Waals surface area contributed by atoms with Crippen LogP contribution < -0.4 is 10.2 Å². The van der Waals surface area contributed by atoms with Crippen molar-refractivity contribution in [1.82, 2.24) is 20.3 Å². The van der Waals surface area contributed by atoms with Gasteiger partial charge >= 0.3 is 0 Å². The zero-order valence-corrected chi connectivity index (χ0v) is 17.8. The van der Waals surface area contributed by atoms with E-state index in [-0.39, 0.29) is 16.7 Å². The number of aryl methyl sites for hydroxylation is 1. The van der Waals surface area contributed by atoms with Gasteiger partial charge in [-0.3, -0.25) is 0 Å². The van der Waals surface area contributed by atoms with Crippen LogP contribution in [0.2, 0.25) is 0 Å². The molecule has 1 saturated carbocycles. The van der Waals surface area contributed by atoms with Gasteiger partial charge in [0.05, 0.1) is 16.7 Å². The fourth-order valence-electron chi connectivity index (χ4n) is 4.66. The predicted molar refractivity (Wildman–Crippen MR) is 120 cm³/mol. The number of oxazole rings is 1. The van der Waals surface area contributed by atoms with E-state index in [1.807, 2.05) is 18.2 Å². The molecule has 1 aromatic carbocycles. The van der Waals surface area contributed by atoms with Crippen molar-refractivity contribution in [2.75, 3.05) is 18.0 Å². The summed E-state index contributed by atoms with van der Waals surface area (Å²) in [6.45, 7) is 3.59. The molecule has 8 heteroatoms. The Labute approximate surface area is 184 Å². The molecule has 1 aliphatic heterocycles. The molecule has 1 aliphatic carbocycles. The number of anilines is 1.